The Balaban J connectivity index is 1.54. The highest BCUT2D eigenvalue weighted by atomic mass is 79.9. The number of nitrogens with zero attached hydrogens (tertiary/aromatic N) is 1. The van der Waals surface area contributed by atoms with Crippen molar-refractivity contribution in [3.8, 4) is 11.5 Å². The summed E-state index contributed by atoms with van der Waals surface area (Å²) in [7, 11) is -3.95. The molecule has 3 aromatic carbocycles. The van der Waals surface area contributed by atoms with Crippen LogP contribution in [0.2, 0.25) is 0 Å². The van der Waals surface area contributed by atoms with Gasteiger partial charge in [0.25, 0.3) is 10.0 Å². The number of hydrogen-bond donors (Lipinski definition) is 1. The van der Waals surface area contributed by atoms with Crippen LogP contribution in [0.5, 0.6) is 11.5 Å². The predicted octanol–water partition coefficient (Wildman–Crippen LogP) is 4.00. The zero-order chi connectivity index (χ0) is 22.7. The highest BCUT2D eigenvalue weighted by Gasteiger charge is 2.27. The molecule has 32 heavy (non-hydrogen) atoms. The van der Waals surface area contributed by atoms with Crippen LogP contribution in [-0.4, -0.2) is 27.7 Å². The quantitative estimate of drug-likeness (QED) is 0.513. The molecule has 166 valence electrons. The van der Waals surface area contributed by atoms with Crippen LogP contribution < -0.4 is 19.1 Å². The number of carbonyl (C=O) groups excluding carboxylic acids is 1. The highest BCUT2D eigenvalue weighted by molar-refractivity contribution is 9.10. The molecule has 7 nitrogen and oxygen atoms in total. The average molecular weight is 517 g/mol. The van der Waals surface area contributed by atoms with Gasteiger partial charge in [0, 0.05) is 11.0 Å². The molecule has 1 N–H and O–H groups in total. The first-order chi connectivity index (χ1) is 15.3. The summed E-state index contributed by atoms with van der Waals surface area (Å²) in [5.74, 6) is 0.849. The van der Waals surface area contributed by atoms with Gasteiger partial charge in [-0.05, 0) is 61.0 Å². The summed E-state index contributed by atoms with van der Waals surface area (Å²) in [6.07, 6.45) is 0. The second-order valence-electron chi connectivity index (χ2n) is 7.27. The lowest BCUT2D eigenvalue weighted by atomic mass is 10.2. The Morgan fingerprint density at radius 1 is 1.00 bits per heavy atom. The number of anilines is 1. The van der Waals surface area contributed by atoms with Crippen molar-refractivity contribution in [2.75, 3.05) is 17.6 Å². The van der Waals surface area contributed by atoms with Crippen molar-refractivity contribution in [1.82, 2.24) is 5.32 Å². The van der Waals surface area contributed by atoms with E-state index in [4.69, 9.17) is 9.47 Å². The number of rotatable bonds is 7. The van der Waals surface area contributed by atoms with Crippen molar-refractivity contribution < 1.29 is 22.7 Å². The van der Waals surface area contributed by atoms with Gasteiger partial charge in [0.1, 0.15) is 6.54 Å². The lowest BCUT2D eigenvalue weighted by Gasteiger charge is -2.24. The second kappa shape index (κ2) is 9.22. The highest BCUT2D eigenvalue weighted by Crippen LogP contribution is 2.32. The van der Waals surface area contributed by atoms with Crippen LogP contribution in [0, 0.1) is 6.92 Å². The molecule has 0 fully saturated rings. The number of sulfonamides is 1. The van der Waals surface area contributed by atoms with E-state index in [0.717, 1.165) is 19.9 Å². The van der Waals surface area contributed by atoms with Gasteiger partial charge in [-0.15, -0.1) is 0 Å². The largest absolute Gasteiger partial charge is 0.454 e. The van der Waals surface area contributed by atoms with Crippen molar-refractivity contribution in [3.05, 3.63) is 82.3 Å². The van der Waals surface area contributed by atoms with Crippen LogP contribution in [-0.2, 0) is 21.4 Å². The summed E-state index contributed by atoms with van der Waals surface area (Å²) < 4.78 is 39.3. The molecule has 1 aliphatic rings. The Morgan fingerprint density at radius 3 is 2.41 bits per heavy atom. The lowest BCUT2D eigenvalue weighted by molar-refractivity contribution is -0.119. The third kappa shape index (κ3) is 4.89. The van der Waals surface area contributed by atoms with E-state index in [1.54, 1.807) is 60.7 Å². The first-order valence-corrected chi connectivity index (χ1v) is 12.1. The number of fused-ring (bicyclic) bond motifs is 1. The molecule has 0 saturated carbocycles. The first kappa shape index (κ1) is 22.2. The SMILES string of the molecule is Cc1ccc(S(=O)(=O)N(CC(=O)NCc2ccc3c(c2)OCO3)c2ccc(Br)cc2)cc1. The van der Waals surface area contributed by atoms with Gasteiger partial charge in [-0.1, -0.05) is 39.7 Å². The minimum atomic E-state index is -3.95. The van der Waals surface area contributed by atoms with Crippen molar-refractivity contribution in [1.29, 1.82) is 0 Å². The number of benzene rings is 3. The summed E-state index contributed by atoms with van der Waals surface area (Å²) in [6.45, 7) is 1.92. The van der Waals surface area contributed by atoms with Crippen molar-refractivity contribution >= 4 is 37.5 Å². The maximum atomic E-state index is 13.4. The van der Waals surface area contributed by atoms with E-state index < -0.39 is 15.9 Å². The Bertz CT molecular complexity index is 1230. The Labute approximate surface area is 195 Å². The van der Waals surface area contributed by atoms with E-state index in [0.29, 0.717) is 17.2 Å². The third-order valence-corrected chi connectivity index (χ3v) is 7.25. The normalized spacial score (nSPS) is 12.4. The van der Waals surface area contributed by atoms with Crippen LogP contribution in [0.3, 0.4) is 0 Å². The molecular formula is C23H21BrN2O5S. The molecule has 1 amide bonds. The van der Waals surface area contributed by atoms with Crippen LogP contribution in [0.4, 0.5) is 5.69 Å². The van der Waals surface area contributed by atoms with Gasteiger partial charge < -0.3 is 14.8 Å². The predicted molar refractivity (Wildman–Crippen MR) is 124 cm³/mol. The van der Waals surface area contributed by atoms with Crippen LogP contribution in [0.25, 0.3) is 0 Å². The molecular weight excluding hydrogens is 496 g/mol. The summed E-state index contributed by atoms with van der Waals surface area (Å²) >= 11 is 3.35. The van der Waals surface area contributed by atoms with E-state index in [1.807, 2.05) is 13.0 Å². The zero-order valence-corrected chi connectivity index (χ0v) is 19.6. The Hall–Kier alpha value is -3.04. The third-order valence-electron chi connectivity index (χ3n) is 4.94. The van der Waals surface area contributed by atoms with Crippen molar-refractivity contribution in [2.24, 2.45) is 0 Å². The number of halogens is 1. The van der Waals surface area contributed by atoms with Gasteiger partial charge in [0.2, 0.25) is 12.7 Å². The fourth-order valence-electron chi connectivity index (χ4n) is 3.20. The van der Waals surface area contributed by atoms with Gasteiger partial charge in [0.15, 0.2) is 11.5 Å². The molecule has 3 aromatic rings. The molecule has 1 heterocycles. The number of hydrogen-bond acceptors (Lipinski definition) is 5. The van der Waals surface area contributed by atoms with Crippen molar-refractivity contribution in [2.45, 2.75) is 18.4 Å². The fraction of sp³-hybridized carbons (Fsp3) is 0.174. The molecule has 1 aliphatic heterocycles. The molecule has 0 radical (unpaired) electrons. The van der Waals surface area contributed by atoms with Gasteiger partial charge in [-0.2, -0.15) is 0 Å². The van der Waals surface area contributed by atoms with Gasteiger partial charge in [0.05, 0.1) is 10.6 Å². The molecule has 0 atom stereocenters. The Morgan fingerprint density at radius 2 is 1.69 bits per heavy atom. The number of nitrogens with one attached hydrogen (secondary N) is 1. The van der Waals surface area contributed by atoms with E-state index >= 15 is 0 Å². The molecule has 0 aliphatic carbocycles. The zero-order valence-electron chi connectivity index (χ0n) is 17.2. The van der Waals surface area contributed by atoms with Crippen LogP contribution in [0.15, 0.2) is 76.1 Å². The summed E-state index contributed by atoms with van der Waals surface area (Å²) in [5.41, 5.74) is 2.16. The van der Waals surface area contributed by atoms with Gasteiger partial charge in [-0.3, -0.25) is 9.10 Å². The average Bonchev–Trinajstić information content (AvgIpc) is 3.25. The molecule has 0 bridgehead atoms. The number of ether oxygens (including phenoxy) is 2. The molecule has 4 rings (SSSR count). The summed E-state index contributed by atoms with van der Waals surface area (Å²) in [6, 6.07) is 18.7. The van der Waals surface area contributed by atoms with E-state index in [1.165, 1.54) is 0 Å². The van der Waals surface area contributed by atoms with E-state index in [2.05, 4.69) is 21.2 Å². The minimum absolute atomic E-state index is 0.120. The summed E-state index contributed by atoms with van der Waals surface area (Å²) in [4.78, 5) is 12.9. The molecule has 0 aromatic heterocycles. The van der Waals surface area contributed by atoms with Gasteiger partial charge in [-0.25, -0.2) is 8.42 Å². The second-order valence-corrected chi connectivity index (χ2v) is 10.0. The number of carbonyl (C=O) groups is 1. The van der Waals surface area contributed by atoms with E-state index in [-0.39, 0.29) is 24.8 Å². The van der Waals surface area contributed by atoms with Crippen LogP contribution in [0.1, 0.15) is 11.1 Å². The molecule has 0 saturated heterocycles. The smallest absolute Gasteiger partial charge is 0.264 e. The topological polar surface area (TPSA) is 84.9 Å². The minimum Gasteiger partial charge on any atom is -0.454 e. The van der Waals surface area contributed by atoms with E-state index in [9.17, 15) is 13.2 Å². The Kier molecular flexibility index (Phi) is 6.38. The summed E-state index contributed by atoms with van der Waals surface area (Å²) in [5, 5.41) is 2.78. The molecule has 0 unspecified atom stereocenters. The maximum Gasteiger partial charge on any atom is 0.264 e. The fourth-order valence-corrected chi connectivity index (χ4v) is 4.88. The van der Waals surface area contributed by atoms with Crippen LogP contribution >= 0.6 is 15.9 Å². The maximum absolute atomic E-state index is 13.4. The first-order valence-electron chi connectivity index (χ1n) is 9.83. The number of aryl methyl sites for hydroxylation is 1. The standard InChI is InChI=1S/C23H21BrN2O5S/c1-16-2-9-20(10-3-16)32(28,29)26(19-7-5-18(24)6-8-19)14-23(27)25-13-17-4-11-21-22(12-17)31-15-30-21/h2-12H,13-15H2,1H3,(H,25,27). The monoisotopic (exact) mass is 516 g/mol. The van der Waals surface area contributed by atoms with Gasteiger partial charge >= 0.3 is 0 Å². The lowest BCUT2D eigenvalue weighted by Crippen LogP contribution is -2.40. The molecule has 9 heteroatoms. The number of amides is 1. The van der Waals surface area contributed by atoms with Crippen molar-refractivity contribution in [3.63, 3.8) is 0 Å². The molecule has 0 spiro atoms.